The highest BCUT2D eigenvalue weighted by Gasteiger charge is 2.12. The van der Waals surface area contributed by atoms with E-state index in [1.807, 2.05) is 72.9 Å². The fourth-order valence-electron chi connectivity index (χ4n) is 2.29. The zero-order valence-corrected chi connectivity index (χ0v) is 11.5. The van der Waals surface area contributed by atoms with E-state index in [0.29, 0.717) is 12.1 Å². The molecule has 2 aromatic carbocycles. The van der Waals surface area contributed by atoms with E-state index in [-0.39, 0.29) is 5.91 Å². The molecule has 0 saturated carbocycles. The molecule has 0 spiro atoms. The summed E-state index contributed by atoms with van der Waals surface area (Å²) in [5.74, 6) is -0.0657. The van der Waals surface area contributed by atoms with E-state index in [4.69, 9.17) is 0 Å². The number of hydrogen-bond donors (Lipinski definition) is 2. The van der Waals surface area contributed by atoms with Crippen LogP contribution in [0.2, 0.25) is 0 Å². The Hall–Kier alpha value is -2.81. The number of carbonyl (C=O) groups excluding carboxylic acids is 1. The molecule has 3 rings (SSSR count). The third-order valence-electron chi connectivity index (χ3n) is 3.36. The van der Waals surface area contributed by atoms with Gasteiger partial charge in [0, 0.05) is 29.6 Å². The Kier molecular flexibility index (Phi) is 3.83. The number of rotatable bonds is 4. The molecule has 0 aliphatic heterocycles. The van der Waals surface area contributed by atoms with E-state index < -0.39 is 0 Å². The molecular formula is C18H16N2O. The van der Waals surface area contributed by atoms with Crippen LogP contribution in [0.5, 0.6) is 0 Å². The molecule has 0 fully saturated rings. The van der Waals surface area contributed by atoms with Crippen molar-refractivity contribution < 1.29 is 4.79 Å². The number of amides is 1. The van der Waals surface area contributed by atoms with Crippen LogP contribution in [0.15, 0.2) is 72.9 Å². The third kappa shape index (κ3) is 3.03. The van der Waals surface area contributed by atoms with Crippen molar-refractivity contribution in [2.24, 2.45) is 0 Å². The van der Waals surface area contributed by atoms with E-state index >= 15 is 0 Å². The van der Waals surface area contributed by atoms with Gasteiger partial charge < -0.3 is 10.3 Å². The summed E-state index contributed by atoms with van der Waals surface area (Å²) in [6.07, 6.45) is 1.86. The first-order chi connectivity index (χ1) is 10.3. The molecule has 2 N–H and O–H groups in total. The van der Waals surface area contributed by atoms with Crippen molar-refractivity contribution in [3.8, 4) is 11.3 Å². The summed E-state index contributed by atoms with van der Waals surface area (Å²) in [4.78, 5) is 15.6. The predicted molar refractivity (Wildman–Crippen MR) is 83.8 cm³/mol. The summed E-state index contributed by atoms with van der Waals surface area (Å²) >= 11 is 0. The highest BCUT2D eigenvalue weighted by Crippen LogP contribution is 2.21. The molecule has 1 aromatic heterocycles. The Balaban J connectivity index is 1.79. The summed E-state index contributed by atoms with van der Waals surface area (Å²) < 4.78 is 0. The zero-order chi connectivity index (χ0) is 14.5. The maximum atomic E-state index is 12.4. The van der Waals surface area contributed by atoms with Crippen LogP contribution in [-0.4, -0.2) is 10.9 Å². The molecule has 0 radical (unpaired) electrons. The van der Waals surface area contributed by atoms with Crippen molar-refractivity contribution in [3.05, 3.63) is 84.1 Å². The lowest BCUT2D eigenvalue weighted by molar-refractivity contribution is 0.0951. The molecule has 0 aliphatic carbocycles. The SMILES string of the molecule is O=C(NCc1ccccc1)c1ccccc1-c1ccc[nH]1. The Morgan fingerprint density at radius 2 is 1.67 bits per heavy atom. The second kappa shape index (κ2) is 6.09. The average Bonchev–Trinajstić information content (AvgIpc) is 3.08. The number of H-pyrrole nitrogens is 1. The van der Waals surface area contributed by atoms with E-state index in [2.05, 4.69) is 10.3 Å². The minimum absolute atomic E-state index is 0.0657. The summed E-state index contributed by atoms with van der Waals surface area (Å²) in [7, 11) is 0. The van der Waals surface area contributed by atoms with Gasteiger partial charge in [-0.3, -0.25) is 4.79 Å². The quantitative estimate of drug-likeness (QED) is 0.751. The Morgan fingerprint density at radius 1 is 0.905 bits per heavy atom. The maximum absolute atomic E-state index is 12.4. The number of nitrogens with one attached hydrogen (secondary N) is 2. The van der Waals surface area contributed by atoms with Gasteiger partial charge in [0.15, 0.2) is 0 Å². The monoisotopic (exact) mass is 276 g/mol. The summed E-state index contributed by atoms with van der Waals surface area (Å²) in [6.45, 7) is 0.527. The molecule has 0 aliphatic rings. The van der Waals surface area contributed by atoms with Gasteiger partial charge in [0.05, 0.1) is 0 Å². The summed E-state index contributed by atoms with van der Waals surface area (Å²) in [6, 6.07) is 21.4. The van der Waals surface area contributed by atoms with Crippen molar-refractivity contribution in [1.29, 1.82) is 0 Å². The van der Waals surface area contributed by atoms with Crippen LogP contribution in [0.3, 0.4) is 0 Å². The Labute approximate surface area is 123 Å². The number of aromatic amines is 1. The smallest absolute Gasteiger partial charge is 0.252 e. The van der Waals surface area contributed by atoms with Crippen molar-refractivity contribution in [1.82, 2.24) is 10.3 Å². The summed E-state index contributed by atoms with van der Waals surface area (Å²) in [5, 5.41) is 2.96. The minimum Gasteiger partial charge on any atom is -0.361 e. The molecule has 1 heterocycles. The van der Waals surface area contributed by atoms with Crippen molar-refractivity contribution in [2.45, 2.75) is 6.54 Å². The topological polar surface area (TPSA) is 44.9 Å². The van der Waals surface area contributed by atoms with Gasteiger partial charge in [0.25, 0.3) is 5.91 Å². The molecule has 0 unspecified atom stereocenters. The second-order valence-corrected chi connectivity index (χ2v) is 4.80. The predicted octanol–water partition coefficient (Wildman–Crippen LogP) is 3.61. The van der Waals surface area contributed by atoms with Crippen LogP contribution in [-0.2, 0) is 6.54 Å². The van der Waals surface area contributed by atoms with Crippen molar-refractivity contribution in [3.63, 3.8) is 0 Å². The van der Waals surface area contributed by atoms with Gasteiger partial charge >= 0.3 is 0 Å². The number of benzene rings is 2. The fraction of sp³-hybridized carbons (Fsp3) is 0.0556. The van der Waals surface area contributed by atoms with Gasteiger partial charge in [-0.05, 0) is 23.8 Å². The lowest BCUT2D eigenvalue weighted by atomic mass is 10.0. The largest absolute Gasteiger partial charge is 0.361 e. The molecule has 104 valence electrons. The van der Waals surface area contributed by atoms with E-state index in [1.165, 1.54) is 0 Å². The molecule has 3 heteroatoms. The number of carbonyl (C=O) groups is 1. The maximum Gasteiger partial charge on any atom is 0.252 e. The van der Waals surface area contributed by atoms with Gasteiger partial charge in [0.2, 0.25) is 0 Å². The molecule has 0 atom stereocenters. The molecule has 21 heavy (non-hydrogen) atoms. The highest BCUT2D eigenvalue weighted by atomic mass is 16.1. The molecule has 1 amide bonds. The van der Waals surface area contributed by atoms with Crippen molar-refractivity contribution in [2.75, 3.05) is 0 Å². The normalized spacial score (nSPS) is 10.3. The summed E-state index contributed by atoms with van der Waals surface area (Å²) in [5.41, 5.74) is 3.62. The third-order valence-corrected chi connectivity index (χ3v) is 3.36. The number of aromatic nitrogens is 1. The van der Waals surface area contributed by atoms with Gasteiger partial charge in [0.1, 0.15) is 0 Å². The van der Waals surface area contributed by atoms with Gasteiger partial charge in [-0.15, -0.1) is 0 Å². The van der Waals surface area contributed by atoms with E-state index in [1.54, 1.807) is 0 Å². The van der Waals surface area contributed by atoms with Crippen LogP contribution in [0.4, 0.5) is 0 Å². The minimum atomic E-state index is -0.0657. The first-order valence-corrected chi connectivity index (χ1v) is 6.89. The van der Waals surface area contributed by atoms with Gasteiger partial charge in [-0.1, -0.05) is 48.5 Å². The van der Waals surface area contributed by atoms with E-state index in [0.717, 1.165) is 16.8 Å². The standard InChI is InChI=1S/C18H16N2O/c21-18(20-13-14-7-2-1-3-8-14)16-10-5-4-9-15(16)17-11-6-12-19-17/h1-12,19H,13H2,(H,20,21). The number of hydrogen-bond acceptors (Lipinski definition) is 1. The van der Waals surface area contributed by atoms with Crippen molar-refractivity contribution >= 4 is 5.91 Å². The molecule has 3 nitrogen and oxygen atoms in total. The lowest BCUT2D eigenvalue weighted by Gasteiger charge is -2.09. The molecular weight excluding hydrogens is 260 g/mol. The average molecular weight is 276 g/mol. The van der Waals surface area contributed by atoms with Crippen LogP contribution >= 0.6 is 0 Å². The van der Waals surface area contributed by atoms with Crippen LogP contribution in [0.25, 0.3) is 11.3 Å². The first-order valence-electron chi connectivity index (χ1n) is 6.89. The first kappa shape index (κ1) is 13.2. The van der Waals surface area contributed by atoms with E-state index in [9.17, 15) is 4.79 Å². The van der Waals surface area contributed by atoms with Crippen LogP contribution < -0.4 is 5.32 Å². The molecule has 0 saturated heterocycles. The lowest BCUT2D eigenvalue weighted by Crippen LogP contribution is -2.23. The van der Waals surface area contributed by atoms with Crippen LogP contribution in [0.1, 0.15) is 15.9 Å². The Morgan fingerprint density at radius 3 is 2.43 bits per heavy atom. The molecule has 0 bridgehead atoms. The van der Waals surface area contributed by atoms with Gasteiger partial charge in [-0.2, -0.15) is 0 Å². The Bertz CT molecular complexity index is 718. The van der Waals surface area contributed by atoms with Crippen LogP contribution in [0, 0.1) is 0 Å². The second-order valence-electron chi connectivity index (χ2n) is 4.80. The zero-order valence-electron chi connectivity index (χ0n) is 11.5. The fourth-order valence-corrected chi connectivity index (χ4v) is 2.29. The highest BCUT2D eigenvalue weighted by molar-refractivity contribution is 6.00. The molecule has 3 aromatic rings. The van der Waals surface area contributed by atoms with Gasteiger partial charge in [-0.25, -0.2) is 0 Å².